The maximum absolute atomic E-state index is 11.9. The molecule has 1 aromatic heterocycles. The Labute approximate surface area is 146 Å². The number of anilines is 1. The lowest BCUT2D eigenvalue weighted by molar-refractivity contribution is -0.116. The van der Waals surface area contributed by atoms with Crippen molar-refractivity contribution in [2.75, 3.05) is 12.4 Å². The summed E-state index contributed by atoms with van der Waals surface area (Å²) in [5, 5.41) is 9.79. The molecule has 4 N–H and O–H groups in total. The van der Waals surface area contributed by atoms with E-state index in [9.17, 15) is 4.79 Å². The van der Waals surface area contributed by atoms with Crippen molar-refractivity contribution >= 4 is 41.5 Å². The molecule has 2 rings (SSSR count). The molecule has 0 saturated heterocycles. The number of hydrogen-bond donors (Lipinski definition) is 3. The maximum Gasteiger partial charge on any atom is 0.246 e. The largest absolute Gasteiger partial charge is 0.370 e. The van der Waals surface area contributed by atoms with Crippen LogP contribution in [0, 0.1) is 0 Å². The number of nitrogens with two attached hydrogens (primary N) is 1. The van der Waals surface area contributed by atoms with Gasteiger partial charge in [-0.25, -0.2) is 0 Å². The van der Waals surface area contributed by atoms with E-state index in [0.29, 0.717) is 12.5 Å². The van der Waals surface area contributed by atoms with Crippen molar-refractivity contribution in [2.45, 2.75) is 13.1 Å². The Balaban J connectivity index is 0.00000242. The van der Waals surface area contributed by atoms with Crippen LogP contribution in [0.2, 0.25) is 0 Å². The first kappa shape index (κ1) is 18.0. The van der Waals surface area contributed by atoms with Gasteiger partial charge in [-0.05, 0) is 23.8 Å². The number of halogens is 1. The highest BCUT2D eigenvalue weighted by Crippen LogP contribution is 2.10. The highest BCUT2D eigenvalue weighted by Gasteiger charge is 2.04. The number of guanidine groups is 1. The molecule has 1 amide bonds. The zero-order chi connectivity index (χ0) is 15.1. The predicted molar refractivity (Wildman–Crippen MR) is 97.1 cm³/mol. The monoisotopic (exact) mass is 414 g/mol. The van der Waals surface area contributed by atoms with Crippen LogP contribution in [0.25, 0.3) is 0 Å². The molecule has 0 aliphatic rings. The summed E-state index contributed by atoms with van der Waals surface area (Å²) in [5.41, 5.74) is 7.31. The first-order chi connectivity index (χ1) is 10.2. The second kappa shape index (κ2) is 9.03. The van der Waals surface area contributed by atoms with Gasteiger partial charge in [0.15, 0.2) is 5.96 Å². The Hall–Kier alpha value is -2.10. The van der Waals surface area contributed by atoms with Gasteiger partial charge in [0.25, 0.3) is 0 Å². The number of aromatic nitrogens is 2. The van der Waals surface area contributed by atoms with E-state index in [4.69, 9.17) is 5.73 Å². The molecule has 0 fully saturated rings. The molecule has 118 valence electrons. The molecule has 2 aromatic rings. The van der Waals surface area contributed by atoms with Crippen LogP contribution in [-0.4, -0.2) is 28.7 Å². The van der Waals surface area contributed by atoms with Crippen molar-refractivity contribution < 1.29 is 4.79 Å². The number of carbonyl (C=O) groups is 1. The Morgan fingerprint density at radius 1 is 1.41 bits per heavy atom. The topological polar surface area (TPSA) is 97.3 Å². The third-order valence-corrected chi connectivity index (χ3v) is 2.79. The van der Waals surface area contributed by atoms with Crippen molar-refractivity contribution in [1.82, 2.24) is 15.1 Å². The minimum Gasteiger partial charge on any atom is -0.370 e. The van der Waals surface area contributed by atoms with Crippen LogP contribution < -0.4 is 16.4 Å². The molecule has 0 unspecified atom stereocenters. The van der Waals surface area contributed by atoms with Crippen molar-refractivity contribution in [2.24, 2.45) is 10.7 Å². The highest BCUT2D eigenvalue weighted by atomic mass is 127. The van der Waals surface area contributed by atoms with Gasteiger partial charge in [0.05, 0.1) is 0 Å². The Bertz CT molecular complexity index is 626. The van der Waals surface area contributed by atoms with Crippen molar-refractivity contribution in [3.05, 3.63) is 48.3 Å². The van der Waals surface area contributed by atoms with Crippen LogP contribution in [0.5, 0.6) is 0 Å². The molecule has 0 atom stereocenters. The van der Waals surface area contributed by atoms with Gasteiger partial charge >= 0.3 is 0 Å². The summed E-state index contributed by atoms with van der Waals surface area (Å²) in [6.45, 7) is 0.733. The van der Waals surface area contributed by atoms with Gasteiger partial charge in [-0.3, -0.25) is 14.5 Å². The van der Waals surface area contributed by atoms with Gasteiger partial charge in [0.1, 0.15) is 6.54 Å². The maximum atomic E-state index is 11.9. The molecule has 1 aromatic carbocycles. The first-order valence-corrected chi connectivity index (χ1v) is 6.49. The SMILES string of the molecule is CN=C(N)NCc1cccc(NC(=O)Cn2cccn2)c1.I. The number of nitrogens with one attached hydrogen (secondary N) is 2. The summed E-state index contributed by atoms with van der Waals surface area (Å²) in [6, 6.07) is 9.32. The van der Waals surface area contributed by atoms with E-state index >= 15 is 0 Å². The molecule has 1 heterocycles. The zero-order valence-corrected chi connectivity index (χ0v) is 14.5. The van der Waals surface area contributed by atoms with Crippen molar-refractivity contribution in [3.8, 4) is 0 Å². The lowest BCUT2D eigenvalue weighted by Crippen LogP contribution is -2.30. The fraction of sp³-hybridized carbons (Fsp3) is 0.214. The van der Waals surface area contributed by atoms with E-state index in [2.05, 4.69) is 20.7 Å². The van der Waals surface area contributed by atoms with E-state index in [-0.39, 0.29) is 36.4 Å². The minimum atomic E-state index is -0.126. The van der Waals surface area contributed by atoms with Gasteiger partial charge in [-0.2, -0.15) is 5.10 Å². The second-order valence-electron chi connectivity index (χ2n) is 4.41. The van der Waals surface area contributed by atoms with E-state index in [1.54, 1.807) is 30.2 Å². The van der Waals surface area contributed by atoms with Crippen LogP contribution in [0.4, 0.5) is 5.69 Å². The summed E-state index contributed by atoms with van der Waals surface area (Å²) in [5.74, 6) is 0.251. The molecule has 0 saturated carbocycles. The minimum absolute atomic E-state index is 0. The van der Waals surface area contributed by atoms with Gasteiger partial charge in [-0.15, -0.1) is 24.0 Å². The molecular formula is C14H19IN6O. The van der Waals surface area contributed by atoms with Crippen LogP contribution in [-0.2, 0) is 17.9 Å². The molecule has 0 radical (unpaired) electrons. The quantitative estimate of drug-likeness (QED) is 0.389. The van der Waals surface area contributed by atoms with E-state index < -0.39 is 0 Å². The molecule has 0 aliphatic carbocycles. The summed E-state index contributed by atoms with van der Waals surface area (Å²) < 4.78 is 1.57. The van der Waals surface area contributed by atoms with Crippen molar-refractivity contribution in [1.29, 1.82) is 0 Å². The molecule has 0 bridgehead atoms. The summed E-state index contributed by atoms with van der Waals surface area (Å²) in [6.07, 6.45) is 3.38. The van der Waals surface area contributed by atoms with E-state index in [0.717, 1.165) is 11.3 Å². The normalized spacial score (nSPS) is 10.7. The summed E-state index contributed by atoms with van der Waals surface area (Å²) in [7, 11) is 1.62. The number of amides is 1. The van der Waals surface area contributed by atoms with Crippen LogP contribution >= 0.6 is 24.0 Å². The predicted octanol–water partition coefficient (Wildman–Crippen LogP) is 1.17. The Morgan fingerprint density at radius 2 is 2.23 bits per heavy atom. The zero-order valence-electron chi connectivity index (χ0n) is 12.2. The number of hydrogen-bond acceptors (Lipinski definition) is 3. The smallest absolute Gasteiger partial charge is 0.246 e. The molecule has 22 heavy (non-hydrogen) atoms. The number of benzene rings is 1. The Morgan fingerprint density at radius 3 is 2.91 bits per heavy atom. The molecule has 0 aliphatic heterocycles. The summed E-state index contributed by atoms with van der Waals surface area (Å²) in [4.78, 5) is 15.7. The van der Waals surface area contributed by atoms with E-state index in [1.165, 1.54) is 0 Å². The van der Waals surface area contributed by atoms with E-state index in [1.807, 2.05) is 24.3 Å². The van der Waals surface area contributed by atoms with Crippen LogP contribution in [0.15, 0.2) is 47.7 Å². The fourth-order valence-corrected chi connectivity index (χ4v) is 1.77. The number of rotatable bonds is 5. The van der Waals surface area contributed by atoms with Gasteiger partial charge < -0.3 is 16.4 Å². The van der Waals surface area contributed by atoms with Gasteiger partial charge in [0, 0.05) is 31.7 Å². The second-order valence-corrected chi connectivity index (χ2v) is 4.41. The summed E-state index contributed by atoms with van der Waals surface area (Å²) >= 11 is 0. The molecule has 7 nitrogen and oxygen atoms in total. The average molecular weight is 414 g/mol. The molecular weight excluding hydrogens is 395 g/mol. The lowest BCUT2D eigenvalue weighted by atomic mass is 10.2. The van der Waals surface area contributed by atoms with Gasteiger partial charge in [0.2, 0.25) is 5.91 Å². The van der Waals surface area contributed by atoms with Crippen LogP contribution in [0.1, 0.15) is 5.56 Å². The third kappa shape index (κ3) is 5.72. The number of nitrogens with zero attached hydrogens (tertiary/aromatic N) is 3. The van der Waals surface area contributed by atoms with Crippen LogP contribution in [0.3, 0.4) is 0 Å². The van der Waals surface area contributed by atoms with Gasteiger partial charge in [-0.1, -0.05) is 12.1 Å². The fourth-order valence-electron chi connectivity index (χ4n) is 1.77. The number of aliphatic imine (C=N–C) groups is 1. The molecule has 0 spiro atoms. The standard InChI is InChI=1S/C14H18N6O.HI/c1-16-14(15)17-9-11-4-2-5-12(8-11)19-13(21)10-20-7-3-6-18-20;/h2-8H,9-10H2,1H3,(H,19,21)(H3,15,16,17);1H. The lowest BCUT2D eigenvalue weighted by Gasteiger charge is -2.09. The Kier molecular flexibility index (Phi) is 7.37. The first-order valence-electron chi connectivity index (χ1n) is 6.49. The third-order valence-electron chi connectivity index (χ3n) is 2.79. The number of carbonyl (C=O) groups excluding carboxylic acids is 1. The average Bonchev–Trinajstić information content (AvgIpc) is 2.97. The molecule has 8 heteroatoms. The highest BCUT2D eigenvalue weighted by molar-refractivity contribution is 14.0. The van der Waals surface area contributed by atoms with Crippen molar-refractivity contribution in [3.63, 3.8) is 0 Å².